The first kappa shape index (κ1) is 16.5. The van der Waals surface area contributed by atoms with Crippen molar-refractivity contribution in [3.63, 3.8) is 0 Å². The van der Waals surface area contributed by atoms with Crippen molar-refractivity contribution in [2.45, 2.75) is 19.3 Å². The van der Waals surface area contributed by atoms with Gasteiger partial charge in [-0.15, -0.1) is 0 Å². The average molecular weight is 321 g/mol. The van der Waals surface area contributed by atoms with Gasteiger partial charge in [0.1, 0.15) is 0 Å². The lowest BCUT2D eigenvalue weighted by atomic mass is 10.2. The molecule has 0 spiro atoms. The lowest BCUT2D eigenvalue weighted by Gasteiger charge is -2.12. The lowest BCUT2D eigenvalue weighted by molar-refractivity contribution is -0.177. The van der Waals surface area contributed by atoms with Crippen LogP contribution in [0, 0.1) is 0 Å². The van der Waals surface area contributed by atoms with Crippen molar-refractivity contribution in [1.82, 2.24) is 5.06 Å². The van der Waals surface area contributed by atoms with Gasteiger partial charge in [-0.05, 0) is 12.1 Å². The number of hydroxylamine groups is 2. The number of carbonyl (C=O) groups is 4. The number of imide groups is 1. The summed E-state index contributed by atoms with van der Waals surface area (Å²) in [5, 5.41) is 0.401. The Labute approximate surface area is 131 Å². The molecule has 1 heterocycles. The van der Waals surface area contributed by atoms with Crippen molar-refractivity contribution >= 4 is 23.9 Å². The van der Waals surface area contributed by atoms with Crippen LogP contribution in [0.15, 0.2) is 30.3 Å². The van der Waals surface area contributed by atoms with E-state index in [1.165, 1.54) is 0 Å². The molecular formula is C15H15NO7. The topological polar surface area (TPSA) is 99.2 Å². The number of esters is 1. The second-order valence-corrected chi connectivity index (χ2v) is 4.63. The van der Waals surface area contributed by atoms with E-state index in [2.05, 4.69) is 9.57 Å². The molecule has 0 saturated carbocycles. The van der Waals surface area contributed by atoms with E-state index < -0.39 is 23.9 Å². The van der Waals surface area contributed by atoms with E-state index in [0.717, 1.165) is 0 Å². The quantitative estimate of drug-likeness (QED) is 0.444. The summed E-state index contributed by atoms with van der Waals surface area (Å²) in [6.07, 6.45) is -0.860. The van der Waals surface area contributed by atoms with Crippen LogP contribution in [-0.4, -0.2) is 42.2 Å². The highest BCUT2D eigenvalue weighted by Gasteiger charge is 2.33. The first-order valence-electron chi connectivity index (χ1n) is 7.00. The summed E-state index contributed by atoms with van der Waals surface area (Å²) in [6, 6.07) is 8.47. The number of benzene rings is 1. The Hall–Kier alpha value is -2.90. The van der Waals surface area contributed by atoms with Crippen molar-refractivity contribution in [2.24, 2.45) is 0 Å². The summed E-state index contributed by atoms with van der Waals surface area (Å²) in [4.78, 5) is 49.9. The van der Waals surface area contributed by atoms with Crippen molar-refractivity contribution in [3.8, 4) is 0 Å². The van der Waals surface area contributed by atoms with Crippen LogP contribution in [0.1, 0.15) is 29.6 Å². The van der Waals surface area contributed by atoms with E-state index in [1.54, 1.807) is 30.3 Å². The summed E-state index contributed by atoms with van der Waals surface area (Å²) >= 11 is 0. The Balaban J connectivity index is 1.60. The summed E-state index contributed by atoms with van der Waals surface area (Å²) in [7, 11) is 0. The van der Waals surface area contributed by atoms with E-state index in [9.17, 15) is 19.2 Å². The number of nitrogens with zero attached hydrogens (tertiary/aromatic N) is 1. The van der Waals surface area contributed by atoms with Crippen LogP contribution in [0.25, 0.3) is 0 Å². The van der Waals surface area contributed by atoms with Crippen LogP contribution < -0.4 is 0 Å². The normalized spacial score (nSPS) is 13.8. The van der Waals surface area contributed by atoms with Gasteiger partial charge in [0.15, 0.2) is 0 Å². The van der Waals surface area contributed by atoms with Gasteiger partial charge in [0.25, 0.3) is 11.8 Å². The molecule has 122 valence electrons. The molecule has 0 bridgehead atoms. The van der Waals surface area contributed by atoms with Crippen molar-refractivity contribution in [3.05, 3.63) is 35.9 Å². The first-order valence-corrected chi connectivity index (χ1v) is 7.00. The van der Waals surface area contributed by atoms with Gasteiger partial charge in [-0.1, -0.05) is 23.3 Å². The number of carbonyl (C=O) groups excluding carboxylic acids is 4. The Morgan fingerprint density at radius 3 is 2.22 bits per heavy atom. The zero-order valence-electron chi connectivity index (χ0n) is 12.2. The van der Waals surface area contributed by atoms with Crippen molar-refractivity contribution < 1.29 is 33.5 Å². The predicted octanol–water partition coefficient (Wildman–Crippen LogP) is 1.45. The molecule has 1 fully saturated rings. The summed E-state index contributed by atoms with van der Waals surface area (Å²) in [5.41, 5.74) is 0.430. The molecule has 1 saturated heterocycles. The number of hydrogen-bond donors (Lipinski definition) is 0. The maximum absolute atomic E-state index is 11.6. The van der Waals surface area contributed by atoms with Gasteiger partial charge in [0, 0.05) is 19.3 Å². The van der Waals surface area contributed by atoms with E-state index in [-0.39, 0.29) is 32.5 Å². The number of hydrogen-bond acceptors (Lipinski definition) is 7. The van der Waals surface area contributed by atoms with Crippen LogP contribution in [0.3, 0.4) is 0 Å². The second-order valence-electron chi connectivity index (χ2n) is 4.63. The van der Waals surface area contributed by atoms with Crippen molar-refractivity contribution in [2.75, 3.05) is 13.2 Å². The highest BCUT2D eigenvalue weighted by Crippen LogP contribution is 2.12. The third-order valence-corrected chi connectivity index (χ3v) is 2.92. The van der Waals surface area contributed by atoms with Gasteiger partial charge < -0.3 is 9.47 Å². The predicted molar refractivity (Wildman–Crippen MR) is 74.9 cm³/mol. The standard InChI is InChI=1S/C15H15NO7/c17-12-7-8-13(18)16(12)23-15(20)22-10-4-9-21-14(19)11-5-2-1-3-6-11/h1-3,5-6H,4,7-10H2. The zero-order chi connectivity index (χ0) is 16.7. The molecule has 1 aliphatic heterocycles. The minimum atomic E-state index is -1.15. The van der Waals surface area contributed by atoms with Gasteiger partial charge in [-0.25, -0.2) is 9.59 Å². The summed E-state index contributed by atoms with van der Waals surface area (Å²) in [5.74, 6) is -1.63. The molecule has 0 atom stereocenters. The average Bonchev–Trinajstić information content (AvgIpc) is 2.87. The van der Waals surface area contributed by atoms with Crippen LogP contribution >= 0.6 is 0 Å². The van der Waals surface area contributed by atoms with Gasteiger partial charge in [0.2, 0.25) is 0 Å². The first-order chi connectivity index (χ1) is 11.1. The molecule has 8 nitrogen and oxygen atoms in total. The lowest BCUT2D eigenvalue weighted by Crippen LogP contribution is -2.32. The Morgan fingerprint density at radius 1 is 0.957 bits per heavy atom. The van der Waals surface area contributed by atoms with E-state index in [0.29, 0.717) is 10.6 Å². The molecule has 0 aromatic heterocycles. The molecule has 23 heavy (non-hydrogen) atoms. The van der Waals surface area contributed by atoms with Gasteiger partial charge in [-0.3, -0.25) is 14.4 Å². The largest absolute Gasteiger partial charge is 0.533 e. The van der Waals surface area contributed by atoms with Crippen molar-refractivity contribution in [1.29, 1.82) is 0 Å². The van der Waals surface area contributed by atoms with Crippen LogP contribution in [0.2, 0.25) is 0 Å². The molecule has 1 aliphatic rings. The number of ether oxygens (including phenoxy) is 2. The van der Waals surface area contributed by atoms with Crippen LogP contribution in [0.5, 0.6) is 0 Å². The molecule has 8 heteroatoms. The third kappa shape index (κ3) is 4.80. The van der Waals surface area contributed by atoms with Crippen LogP contribution in [0.4, 0.5) is 4.79 Å². The molecule has 0 aliphatic carbocycles. The van der Waals surface area contributed by atoms with Gasteiger partial charge in [-0.2, -0.15) is 0 Å². The molecule has 1 aromatic rings. The summed E-state index contributed by atoms with van der Waals surface area (Å²) < 4.78 is 9.68. The van der Waals surface area contributed by atoms with Crippen LogP contribution in [-0.2, 0) is 23.9 Å². The fourth-order valence-corrected chi connectivity index (χ4v) is 1.80. The maximum atomic E-state index is 11.6. The second kappa shape index (κ2) is 7.92. The smallest absolute Gasteiger partial charge is 0.462 e. The maximum Gasteiger partial charge on any atom is 0.533 e. The Morgan fingerprint density at radius 2 is 1.57 bits per heavy atom. The molecule has 1 aromatic carbocycles. The molecule has 2 rings (SSSR count). The van der Waals surface area contributed by atoms with Gasteiger partial charge >= 0.3 is 12.1 Å². The van der Waals surface area contributed by atoms with E-state index in [1.807, 2.05) is 0 Å². The highest BCUT2D eigenvalue weighted by molar-refractivity contribution is 6.01. The van der Waals surface area contributed by atoms with E-state index >= 15 is 0 Å². The Kier molecular flexibility index (Phi) is 5.67. The zero-order valence-corrected chi connectivity index (χ0v) is 12.2. The highest BCUT2D eigenvalue weighted by atomic mass is 16.8. The fourth-order valence-electron chi connectivity index (χ4n) is 1.80. The minimum Gasteiger partial charge on any atom is -0.462 e. The molecule has 0 radical (unpaired) electrons. The molecule has 0 N–H and O–H groups in total. The Bertz CT molecular complexity index is 583. The number of amides is 2. The summed E-state index contributed by atoms with van der Waals surface area (Å²) in [6.45, 7) is -0.0142. The molecular weight excluding hydrogens is 306 g/mol. The fraction of sp³-hybridized carbons (Fsp3) is 0.333. The van der Waals surface area contributed by atoms with Gasteiger partial charge in [0.05, 0.1) is 18.8 Å². The third-order valence-electron chi connectivity index (χ3n) is 2.92. The monoisotopic (exact) mass is 321 g/mol. The van der Waals surface area contributed by atoms with E-state index in [4.69, 9.17) is 4.74 Å². The molecule has 0 unspecified atom stereocenters. The molecule has 2 amide bonds. The minimum absolute atomic E-state index is 0.0154. The SMILES string of the molecule is O=C(OCCCOC(=O)c1ccccc1)ON1C(=O)CCC1=O. The number of rotatable bonds is 6.